The summed E-state index contributed by atoms with van der Waals surface area (Å²) in [5, 5.41) is 8.96. The van der Waals surface area contributed by atoms with Gasteiger partial charge in [0.1, 0.15) is 0 Å². The molecular weight excluding hydrogens is 553 g/mol. The Bertz CT molecular complexity index is 1430. The van der Waals surface area contributed by atoms with Gasteiger partial charge in [-0.05, 0) is 73.5 Å². The first-order valence-corrected chi connectivity index (χ1v) is 12.1. The predicted octanol–water partition coefficient (Wildman–Crippen LogP) is 5.17. The van der Waals surface area contributed by atoms with E-state index in [4.69, 9.17) is 21.1 Å². The number of carbonyl (C=O) groups excluding carboxylic acids is 3. The number of halogens is 4. The second-order valence-corrected chi connectivity index (χ2v) is 8.58. The molecule has 0 spiro atoms. The van der Waals surface area contributed by atoms with Crippen LogP contribution in [0.2, 0.25) is 5.02 Å². The number of benzene rings is 3. The molecule has 0 unspecified atom stereocenters. The van der Waals surface area contributed by atoms with Gasteiger partial charge in [-0.1, -0.05) is 23.7 Å². The molecule has 3 N–H and O–H groups in total. The third-order valence-electron chi connectivity index (χ3n) is 5.12. The largest absolute Gasteiger partial charge is 0.490 e. The van der Waals surface area contributed by atoms with Crippen molar-refractivity contribution in [2.24, 2.45) is 5.10 Å². The third kappa shape index (κ3) is 8.73. The molecule has 0 aliphatic rings. The molecule has 0 aromatic heterocycles. The summed E-state index contributed by atoms with van der Waals surface area (Å²) in [5.74, 6) is -2.19. The minimum absolute atomic E-state index is 0.0293. The number of hydrogen-bond acceptors (Lipinski definition) is 6. The van der Waals surface area contributed by atoms with Gasteiger partial charge in [0.15, 0.2) is 18.1 Å². The first kappa shape index (κ1) is 30.0. The number of nitrogens with one attached hydrogen (secondary N) is 3. The lowest BCUT2D eigenvalue weighted by molar-refractivity contribution is -0.137. The van der Waals surface area contributed by atoms with Crippen molar-refractivity contribution >= 4 is 46.9 Å². The highest BCUT2D eigenvalue weighted by molar-refractivity contribution is 6.39. The van der Waals surface area contributed by atoms with Gasteiger partial charge in [-0.2, -0.15) is 18.3 Å². The quantitative estimate of drug-likeness (QED) is 0.184. The number of aryl methyl sites for hydroxylation is 1. The Balaban J connectivity index is 1.57. The second-order valence-electron chi connectivity index (χ2n) is 8.17. The Morgan fingerprint density at radius 1 is 0.925 bits per heavy atom. The average Bonchev–Trinajstić information content (AvgIpc) is 2.90. The van der Waals surface area contributed by atoms with Gasteiger partial charge >= 0.3 is 18.0 Å². The molecule has 0 aliphatic carbocycles. The molecule has 0 saturated heterocycles. The van der Waals surface area contributed by atoms with E-state index in [1.165, 1.54) is 36.5 Å². The molecule has 0 bridgehead atoms. The average molecular weight is 577 g/mol. The van der Waals surface area contributed by atoms with Crippen LogP contribution in [0.1, 0.15) is 23.6 Å². The van der Waals surface area contributed by atoms with Crippen LogP contribution in [0.5, 0.6) is 11.5 Å². The number of hydrazone groups is 1. The minimum Gasteiger partial charge on any atom is -0.490 e. The lowest BCUT2D eigenvalue weighted by Crippen LogP contribution is -2.32. The number of amides is 3. The van der Waals surface area contributed by atoms with Crippen LogP contribution < -0.4 is 25.5 Å². The summed E-state index contributed by atoms with van der Waals surface area (Å²) in [6.07, 6.45) is -3.28. The van der Waals surface area contributed by atoms with E-state index < -0.39 is 36.1 Å². The van der Waals surface area contributed by atoms with E-state index in [-0.39, 0.29) is 23.8 Å². The normalized spacial score (nSPS) is 11.2. The first-order chi connectivity index (χ1) is 19.0. The highest BCUT2D eigenvalue weighted by Crippen LogP contribution is 2.31. The zero-order chi connectivity index (χ0) is 29.3. The first-order valence-electron chi connectivity index (χ1n) is 11.7. The molecule has 3 amide bonds. The number of hydrogen-bond donors (Lipinski definition) is 3. The number of anilines is 2. The van der Waals surface area contributed by atoms with Crippen LogP contribution >= 0.6 is 11.6 Å². The van der Waals surface area contributed by atoms with Gasteiger partial charge in [0.05, 0.1) is 18.4 Å². The summed E-state index contributed by atoms with van der Waals surface area (Å²) in [7, 11) is 0. The SMILES string of the molecule is CCOc1cc(/C=N\NC(=O)C(=O)Nc2ccc(C)c(Cl)c2)ccc1OCC(=O)Nc1cccc(C(F)(F)F)c1. The fourth-order valence-corrected chi connectivity index (χ4v) is 3.36. The maximum Gasteiger partial charge on any atom is 0.416 e. The van der Waals surface area contributed by atoms with E-state index in [1.54, 1.807) is 32.0 Å². The highest BCUT2D eigenvalue weighted by atomic mass is 35.5. The molecule has 0 aliphatic heterocycles. The molecule has 13 heteroatoms. The molecule has 9 nitrogen and oxygen atoms in total. The molecule has 0 saturated carbocycles. The Morgan fingerprint density at radius 3 is 2.38 bits per heavy atom. The number of nitrogens with zero attached hydrogens (tertiary/aromatic N) is 1. The molecule has 0 atom stereocenters. The predicted molar refractivity (Wildman–Crippen MR) is 144 cm³/mol. The third-order valence-corrected chi connectivity index (χ3v) is 5.52. The molecule has 3 rings (SSSR count). The van der Waals surface area contributed by atoms with E-state index in [9.17, 15) is 27.6 Å². The van der Waals surface area contributed by atoms with Gasteiger partial charge in [-0.3, -0.25) is 14.4 Å². The number of alkyl halides is 3. The van der Waals surface area contributed by atoms with Crippen molar-refractivity contribution < 1.29 is 37.0 Å². The molecule has 210 valence electrons. The lowest BCUT2D eigenvalue weighted by atomic mass is 10.2. The van der Waals surface area contributed by atoms with Gasteiger partial charge in [-0.25, -0.2) is 5.43 Å². The number of rotatable bonds is 9. The van der Waals surface area contributed by atoms with Crippen LogP contribution in [-0.2, 0) is 20.6 Å². The summed E-state index contributed by atoms with van der Waals surface area (Å²) in [4.78, 5) is 36.4. The summed E-state index contributed by atoms with van der Waals surface area (Å²) >= 11 is 6.01. The van der Waals surface area contributed by atoms with Gasteiger partial charge in [0.25, 0.3) is 5.91 Å². The van der Waals surface area contributed by atoms with Crippen LogP contribution in [0.3, 0.4) is 0 Å². The molecule has 0 radical (unpaired) electrons. The van der Waals surface area contributed by atoms with Crippen molar-refractivity contribution in [1.82, 2.24) is 5.43 Å². The van der Waals surface area contributed by atoms with E-state index >= 15 is 0 Å². The van der Waals surface area contributed by atoms with Crippen molar-refractivity contribution in [3.05, 3.63) is 82.4 Å². The second kappa shape index (κ2) is 13.5. The monoisotopic (exact) mass is 576 g/mol. The minimum atomic E-state index is -4.54. The van der Waals surface area contributed by atoms with Gasteiger partial charge in [0, 0.05) is 16.4 Å². The fourth-order valence-electron chi connectivity index (χ4n) is 3.18. The molecule has 3 aromatic rings. The summed E-state index contributed by atoms with van der Waals surface area (Å²) in [5.41, 5.74) is 2.82. The summed E-state index contributed by atoms with van der Waals surface area (Å²) in [6.45, 7) is 3.28. The molecule has 0 heterocycles. The molecule has 3 aromatic carbocycles. The Hall–Kier alpha value is -4.58. The Kier molecular flexibility index (Phi) is 10.1. The van der Waals surface area contributed by atoms with Gasteiger partial charge in [-0.15, -0.1) is 0 Å². The van der Waals surface area contributed by atoms with Crippen LogP contribution in [0.4, 0.5) is 24.5 Å². The van der Waals surface area contributed by atoms with E-state index in [0.29, 0.717) is 16.3 Å². The van der Waals surface area contributed by atoms with Crippen molar-refractivity contribution in [2.45, 2.75) is 20.0 Å². The fraction of sp³-hybridized carbons (Fsp3) is 0.185. The highest BCUT2D eigenvalue weighted by Gasteiger charge is 2.30. The van der Waals surface area contributed by atoms with Crippen molar-refractivity contribution in [3.8, 4) is 11.5 Å². The van der Waals surface area contributed by atoms with Crippen molar-refractivity contribution in [3.63, 3.8) is 0 Å². The maximum atomic E-state index is 12.9. The number of carbonyl (C=O) groups is 3. The van der Waals surface area contributed by atoms with Gasteiger partial charge < -0.3 is 20.1 Å². The lowest BCUT2D eigenvalue weighted by Gasteiger charge is -2.13. The van der Waals surface area contributed by atoms with Crippen LogP contribution in [0.25, 0.3) is 0 Å². The Morgan fingerprint density at radius 2 is 1.68 bits per heavy atom. The van der Waals surface area contributed by atoms with Crippen molar-refractivity contribution in [1.29, 1.82) is 0 Å². The maximum absolute atomic E-state index is 12.9. The van der Waals surface area contributed by atoms with Crippen molar-refractivity contribution in [2.75, 3.05) is 23.8 Å². The summed E-state index contributed by atoms with van der Waals surface area (Å²) < 4.78 is 49.6. The summed E-state index contributed by atoms with van der Waals surface area (Å²) in [6, 6.07) is 13.6. The molecule has 0 fully saturated rings. The smallest absolute Gasteiger partial charge is 0.416 e. The van der Waals surface area contributed by atoms with Crippen LogP contribution in [0.15, 0.2) is 65.8 Å². The topological polar surface area (TPSA) is 118 Å². The van der Waals surface area contributed by atoms with E-state index in [2.05, 4.69) is 21.2 Å². The van der Waals surface area contributed by atoms with E-state index in [0.717, 1.165) is 17.7 Å². The molecule has 40 heavy (non-hydrogen) atoms. The van der Waals surface area contributed by atoms with E-state index in [1.807, 2.05) is 0 Å². The zero-order valence-corrected chi connectivity index (χ0v) is 22.0. The zero-order valence-electron chi connectivity index (χ0n) is 21.3. The number of ether oxygens (including phenoxy) is 2. The standard InChI is InChI=1S/C27H24ClF3N4O5/c1-3-39-23-11-17(14-32-35-26(38)25(37)34-20-9-7-16(2)21(28)13-20)8-10-22(23)40-15-24(36)33-19-6-4-5-18(12-19)27(29,30)31/h4-14H,3,15H2,1-2H3,(H,33,36)(H,34,37)(H,35,38)/b32-14-. The van der Waals surface area contributed by atoms with Gasteiger partial charge in [0.2, 0.25) is 0 Å². The molecular formula is C27H24ClF3N4O5. The van der Waals surface area contributed by atoms with Crippen LogP contribution in [-0.4, -0.2) is 37.1 Å². The Labute approximate surface area is 232 Å². The van der Waals surface area contributed by atoms with Crippen LogP contribution in [0, 0.1) is 6.92 Å².